The smallest absolute Gasteiger partial charge is 0.306 e. The number of carboxylic acids is 1. The first kappa shape index (κ1) is 12.1. The molecule has 2 nitrogen and oxygen atoms in total. The summed E-state index contributed by atoms with van der Waals surface area (Å²) in [4.78, 5) is 10.6. The average molecular weight is 279 g/mol. The molecule has 0 saturated carbocycles. The second-order valence-corrected chi connectivity index (χ2v) is 4.16. The molecule has 0 amide bonds. The minimum Gasteiger partial charge on any atom is -0.481 e. The van der Waals surface area contributed by atoms with Gasteiger partial charge >= 0.3 is 5.97 Å². The molecule has 1 unspecified atom stereocenters. The third-order valence-electron chi connectivity index (χ3n) is 2.04. The summed E-state index contributed by atoms with van der Waals surface area (Å²) in [7, 11) is 0. The van der Waals surface area contributed by atoms with E-state index in [1.807, 2.05) is 0 Å². The monoisotopic (exact) mass is 278 g/mol. The van der Waals surface area contributed by atoms with E-state index in [-0.39, 0.29) is 6.42 Å². The molecule has 0 aliphatic rings. The molecule has 15 heavy (non-hydrogen) atoms. The summed E-state index contributed by atoms with van der Waals surface area (Å²) in [6, 6.07) is 2.01. The lowest BCUT2D eigenvalue weighted by Gasteiger charge is -2.08. The lowest BCUT2D eigenvalue weighted by atomic mass is 10.0. The van der Waals surface area contributed by atoms with Crippen molar-refractivity contribution in [3.63, 3.8) is 0 Å². The summed E-state index contributed by atoms with van der Waals surface area (Å²) in [5, 5.41) is 8.67. The number of halogens is 3. The molecule has 0 fully saturated rings. The first-order chi connectivity index (χ1) is 6.91. The van der Waals surface area contributed by atoms with Crippen molar-refractivity contribution in [1.29, 1.82) is 0 Å². The van der Waals surface area contributed by atoms with Crippen LogP contribution < -0.4 is 0 Å². The highest BCUT2D eigenvalue weighted by molar-refractivity contribution is 9.10. The average Bonchev–Trinajstić information content (AvgIpc) is 2.13. The molecule has 5 heteroatoms. The Hall–Kier alpha value is -0.970. The van der Waals surface area contributed by atoms with Crippen LogP contribution in [0, 0.1) is 17.6 Å². The lowest BCUT2D eigenvalue weighted by molar-refractivity contribution is -0.141. The molecule has 82 valence electrons. The maximum absolute atomic E-state index is 12.9. The summed E-state index contributed by atoms with van der Waals surface area (Å²) in [5.74, 6) is -3.52. The predicted octanol–water partition coefficient (Wildman–Crippen LogP) is 2.99. The molecule has 0 aliphatic heterocycles. The molecule has 0 aromatic heterocycles. The molecular weight excluding hydrogens is 270 g/mol. The molecule has 1 aromatic rings. The standard InChI is InChI=1S/C10H9BrF2O2/c1-5(10(14)15)2-6-3-8(12)9(13)4-7(6)11/h3-5H,2H2,1H3,(H,14,15). The van der Waals surface area contributed by atoms with E-state index in [2.05, 4.69) is 15.9 Å². The molecule has 0 saturated heterocycles. The third kappa shape index (κ3) is 2.99. The van der Waals surface area contributed by atoms with Gasteiger partial charge in [0, 0.05) is 4.47 Å². The number of rotatable bonds is 3. The SMILES string of the molecule is CC(Cc1cc(F)c(F)cc1Br)C(=O)O. The summed E-state index contributed by atoms with van der Waals surface area (Å²) < 4.78 is 26.0. The van der Waals surface area contributed by atoms with E-state index in [0.29, 0.717) is 10.0 Å². The summed E-state index contributed by atoms with van der Waals surface area (Å²) in [6.07, 6.45) is 0.160. The Morgan fingerprint density at radius 2 is 2.00 bits per heavy atom. The first-order valence-electron chi connectivity index (χ1n) is 4.28. The van der Waals surface area contributed by atoms with Crippen molar-refractivity contribution in [3.8, 4) is 0 Å². The Morgan fingerprint density at radius 1 is 1.47 bits per heavy atom. The molecule has 1 N–H and O–H groups in total. The van der Waals surface area contributed by atoms with Crippen molar-refractivity contribution >= 4 is 21.9 Å². The van der Waals surface area contributed by atoms with Crippen molar-refractivity contribution in [2.75, 3.05) is 0 Å². The highest BCUT2D eigenvalue weighted by atomic mass is 79.9. The Morgan fingerprint density at radius 3 is 2.53 bits per heavy atom. The zero-order chi connectivity index (χ0) is 11.6. The van der Waals surface area contributed by atoms with Crippen molar-refractivity contribution in [1.82, 2.24) is 0 Å². The molecule has 1 atom stereocenters. The topological polar surface area (TPSA) is 37.3 Å². The normalized spacial score (nSPS) is 12.5. The van der Waals surface area contributed by atoms with Gasteiger partial charge in [-0.1, -0.05) is 22.9 Å². The largest absolute Gasteiger partial charge is 0.481 e. The Labute approximate surface area is 94.0 Å². The van der Waals surface area contributed by atoms with E-state index in [1.165, 1.54) is 6.92 Å². The number of hydrogen-bond acceptors (Lipinski definition) is 1. The number of aliphatic carboxylic acids is 1. The van der Waals surface area contributed by atoms with Gasteiger partial charge < -0.3 is 5.11 Å². The molecule has 0 bridgehead atoms. The molecule has 0 radical (unpaired) electrons. The minimum absolute atomic E-state index is 0.160. The lowest BCUT2D eigenvalue weighted by Crippen LogP contribution is -2.12. The van der Waals surface area contributed by atoms with Gasteiger partial charge in [0.15, 0.2) is 11.6 Å². The highest BCUT2D eigenvalue weighted by Gasteiger charge is 2.15. The molecular formula is C10H9BrF2O2. The van der Waals surface area contributed by atoms with Crippen LogP contribution in [0.15, 0.2) is 16.6 Å². The summed E-state index contributed by atoms with van der Waals surface area (Å²) in [6.45, 7) is 1.51. The molecule has 0 heterocycles. The fourth-order valence-electron chi connectivity index (χ4n) is 1.14. The van der Waals surface area contributed by atoms with Crippen molar-refractivity contribution < 1.29 is 18.7 Å². The number of hydrogen-bond donors (Lipinski definition) is 1. The number of benzene rings is 1. The van der Waals surface area contributed by atoms with Gasteiger partial charge in [-0.3, -0.25) is 4.79 Å². The van der Waals surface area contributed by atoms with Crippen LogP contribution >= 0.6 is 15.9 Å². The van der Waals surface area contributed by atoms with Crippen LogP contribution in [0.2, 0.25) is 0 Å². The van der Waals surface area contributed by atoms with Gasteiger partial charge in [-0.2, -0.15) is 0 Å². The van der Waals surface area contributed by atoms with E-state index >= 15 is 0 Å². The molecule has 0 aliphatic carbocycles. The second-order valence-electron chi connectivity index (χ2n) is 3.30. The zero-order valence-corrected chi connectivity index (χ0v) is 9.51. The van der Waals surface area contributed by atoms with Crippen LogP contribution in [0.3, 0.4) is 0 Å². The Kier molecular flexibility index (Phi) is 3.79. The van der Waals surface area contributed by atoms with Gasteiger partial charge in [-0.15, -0.1) is 0 Å². The van der Waals surface area contributed by atoms with E-state index < -0.39 is 23.5 Å². The Bertz CT molecular complexity index is 393. The third-order valence-corrected chi connectivity index (χ3v) is 2.78. The summed E-state index contributed by atoms with van der Waals surface area (Å²) >= 11 is 3.06. The quantitative estimate of drug-likeness (QED) is 0.863. The van der Waals surface area contributed by atoms with Gasteiger partial charge in [0.1, 0.15) is 0 Å². The van der Waals surface area contributed by atoms with E-state index in [4.69, 9.17) is 5.11 Å². The zero-order valence-electron chi connectivity index (χ0n) is 7.93. The summed E-state index contributed by atoms with van der Waals surface area (Å²) in [5.41, 5.74) is 0.448. The molecule has 1 rings (SSSR count). The maximum Gasteiger partial charge on any atom is 0.306 e. The first-order valence-corrected chi connectivity index (χ1v) is 5.07. The predicted molar refractivity (Wildman–Crippen MR) is 54.6 cm³/mol. The van der Waals surface area contributed by atoms with E-state index in [0.717, 1.165) is 12.1 Å². The van der Waals surface area contributed by atoms with Crippen molar-refractivity contribution in [2.45, 2.75) is 13.3 Å². The maximum atomic E-state index is 12.9. The fourth-order valence-corrected chi connectivity index (χ4v) is 1.61. The van der Waals surface area contributed by atoms with Crippen LogP contribution in [0.4, 0.5) is 8.78 Å². The minimum atomic E-state index is -0.967. The van der Waals surface area contributed by atoms with Crippen molar-refractivity contribution in [2.24, 2.45) is 5.92 Å². The van der Waals surface area contributed by atoms with Crippen LogP contribution in [0.1, 0.15) is 12.5 Å². The van der Waals surface area contributed by atoms with Crippen LogP contribution in [0.25, 0.3) is 0 Å². The highest BCUT2D eigenvalue weighted by Crippen LogP contribution is 2.23. The van der Waals surface area contributed by atoms with Crippen LogP contribution in [-0.4, -0.2) is 11.1 Å². The van der Waals surface area contributed by atoms with Gasteiger partial charge in [-0.25, -0.2) is 8.78 Å². The number of carbonyl (C=O) groups is 1. The van der Waals surface area contributed by atoms with Gasteiger partial charge in [-0.05, 0) is 24.1 Å². The van der Waals surface area contributed by atoms with E-state index in [1.54, 1.807) is 0 Å². The van der Waals surface area contributed by atoms with Gasteiger partial charge in [0.25, 0.3) is 0 Å². The van der Waals surface area contributed by atoms with Crippen LogP contribution in [0.5, 0.6) is 0 Å². The molecule has 0 spiro atoms. The van der Waals surface area contributed by atoms with E-state index in [9.17, 15) is 13.6 Å². The fraction of sp³-hybridized carbons (Fsp3) is 0.300. The van der Waals surface area contributed by atoms with Gasteiger partial charge in [0.05, 0.1) is 5.92 Å². The Balaban J connectivity index is 2.95. The molecule has 1 aromatic carbocycles. The van der Waals surface area contributed by atoms with Gasteiger partial charge in [0.2, 0.25) is 0 Å². The van der Waals surface area contributed by atoms with Crippen LogP contribution in [-0.2, 0) is 11.2 Å². The van der Waals surface area contributed by atoms with Crippen molar-refractivity contribution in [3.05, 3.63) is 33.8 Å². The second kappa shape index (κ2) is 4.70. The number of carboxylic acid groups (broad SMARTS) is 1.